The Kier molecular flexibility index (Phi) is 2.56. The van der Waals surface area contributed by atoms with Crippen molar-refractivity contribution < 1.29 is 4.79 Å². The van der Waals surface area contributed by atoms with E-state index in [-0.39, 0.29) is 5.41 Å². The molecule has 4 aliphatic rings. The summed E-state index contributed by atoms with van der Waals surface area (Å²) in [5.41, 5.74) is 1.71. The second-order valence-electron chi connectivity index (χ2n) is 7.40. The Morgan fingerprint density at radius 2 is 2.11 bits per heavy atom. The van der Waals surface area contributed by atoms with Gasteiger partial charge in [0.1, 0.15) is 0 Å². The first-order valence-corrected chi connectivity index (χ1v) is 8.12. The first-order valence-electron chi connectivity index (χ1n) is 8.12. The van der Waals surface area contributed by atoms with Gasteiger partial charge in [0.15, 0.2) is 5.78 Å². The SMILES string of the molecule is C[C@]12CC[C@H]3[C@@H](CC=C4CCCC[C@@H]43)[C@@H]1C=CC2=O. The lowest BCUT2D eigenvalue weighted by Crippen LogP contribution is -2.46. The molecule has 1 nitrogen and oxygen atoms in total. The van der Waals surface area contributed by atoms with Crippen LogP contribution < -0.4 is 0 Å². The minimum atomic E-state index is -0.0544. The fourth-order valence-corrected chi connectivity index (χ4v) is 5.53. The van der Waals surface area contributed by atoms with Crippen LogP contribution in [-0.4, -0.2) is 5.78 Å². The molecule has 0 aliphatic heterocycles. The van der Waals surface area contributed by atoms with Crippen LogP contribution in [0, 0.1) is 29.1 Å². The van der Waals surface area contributed by atoms with E-state index in [9.17, 15) is 4.79 Å². The molecule has 0 radical (unpaired) electrons. The minimum absolute atomic E-state index is 0.0544. The molecule has 0 saturated heterocycles. The molecule has 1 heteroatoms. The molecule has 4 rings (SSSR count). The molecule has 0 amide bonds. The molecule has 0 heterocycles. The van der Waals surface area contributed by atoms with Crippen molar-refractivity contribution in [3.05, 3.63) is 23.8 Å². The molecule has 0 N–H and O–H groups in total. The maximum Gasteiger partial charge on any atom is 0.161 e. The molecule has 0 aromatic rings. The zero-order valence-electron chi connectivity index (χ0n) is 11.9. The summed E-state index contributed by atoms with van der Waals surface area (Å²) in [5, 5.41) is 0. The normalized spacial score (nSPS) is 48.3. The Hall–Kier alpha value is -0.850. The van der Waals surface area contributed by atoms with E-state index in [1.807, 2.05) is 6.08 Å². The zero-order chi connectivity index (χ0) is 13.0. The second-order valence-corrected chi connectivity index (χ2v) is 7.40. The summed E-state index contributed by atoms with van der Waals surface area (Å²) < 4.78 is 0. The lowest BCUT2D eigenvalue weighted by molar-refractivity contribution is -0.128. The van der Waals surface area contributed by atoms with Crippen LogP contribution in [0.3, 0.4) is 0 Å². The maximum absolute atomic E-state index is 12.2. The van der Waals surface area contributed by atoms with Crippen LogP contribution in [0.4, 0.5) is 0 Å². The molecule has 0 spiro atoms. The van der Waals surface area contributed by atoms with Crippen molar-refractivity contribution in [2.45, 2.75) is 51.9 Å². The zero-order valence-corrected chi connectivity index (χ0v) is 11.9. The van der Waals surface area contributed by atoms with E-state index in [1.54, 1.807) is 5.57 Å². The monoisotopic (exact) mass is 256 g/mol. The van der Waals surface area contributed by atoms with Gasteiger partial charge in [0.2, 0.25) is 0 Å². The van der Waals surface area contributed by atoms with Crippen LogP contribution >= 0.6 is 0 Å². The molecular formula is C18H24O. The number of carbonyl (C=O) groups excluding carboxylic acids is 1. The summed E-state index contributed by atoms with van der Waals surface area (Å²) in [6.07, 6.45) is 15.9. The van der Waals surface area contributed by atoms with E-state index < -0.39 is 0 Å². The highest BCUT2D eigenvalue weighted by Gasteiger charge is 2.53. The van der Waals surface area contributed by atoms with Gasteiger partial charge in [-0.25, -0.2) is 0 Å². The summed E-state index contributed by atoms with van der Waals surface area (Å²) >= 11 is 0. The van der Waals surface area contributed by atoms with E-state index in [1.165, 1.54) is 38.5 Å². The van der Waals surface area contributed by atoms with Crippen molar-refractivity contribution in [3.8, 4) is 0 Å². The van der Waals surface area contributed by atoms with Crippen molar-refractivity contribution >= 4 is 5.78 Å². The average Bonchev–Trinajstić information content (AvgIpc) is 2.75. The van der Waals surface area contributed by atoms with Crippen LogP contribution in [0.5, 0.6) is 0 Å². The Morgan fingerprint density at radius 1 is 1.21 bits per heavy atom. The third kappa shape index (κ3) is 1.57. The predicted octanol–water partition coefficient (Wildman–Crippen LogP) is 4.29. The van der Waals surface area contributed by atoms with Gasteiger partial charge in [-0.15, -0.1) is 0 Å². The quantitative estimate of drug-likeness (QED) is 0.591. The predicted molar refractivity (Wildman–Crippen MR) is 76.6 cm³/mol. The van der Waals surface area contributed by atoms with Gasteiger partial charge >= 0.3 is 0 Å². The highest BCUT2D eigenvalue weighted by molar-refractivity contribution is 5.97. The fraction of sp³-hybridized carbons (Fsp3) is 0.722. The van der Waals surface area contributed by atoms with Crippen molar-refractivity contribution in [2.24, 2.45) is 29.1 Å². The minimum Gasteiger partial charge on any atom is -0.294 e. The number of rotatable bonds is 0. The van der Waals surface area contributed by atoms with Gasteiger partial charge in [0.25, 0.3) is 0 Å². The lowest BCUT2D eigenvalue weighted by atomic mass is 9.53. The topological polar surface area (TPSA) is 17.1 Å². The fourth-order valence-electron chi connectivity index (χ4n) is 5.53. The highest BCUT2D eigenvalue weighted by Crippen LogP contribution is 2.58. The van der Waals surface area contributed by atoms with Crippen molar-refractivity contribution in [1.82, 2.24) is 0 Å². The van der Waals surface area contributed by atoms with Crippen LogP contribution in [0.15, 0.2) is 23.8 Å². The summed E-state index contributed by atoms with van der Waals surface area (Å²) in [6.45, 7) is 2.22. The van der Waals surface area contributed by atoms with Crippen LogP contribution in [0.25, 0.3) is 0 Å². The van der Waals surface area contributed by atoms with Crippen molar-refractivity contribution in [1.29, 1.82) is 0 Å². The van der Waals surface area contributed by atoms with Gasteiger partial charge in [0.05, 0.1) is 0 Å². The van der Waals surface area contributed by atoms with Crippen LogP contribution in [-0.2, 0) is 4.79 Å². The summed E-state index contributed by atoms with van der Waals surface area (Å²) in [5.74, 6) is 3.40. The average molecular weight is 256 g/mol. The Labute approximate surface area is 116 Å². The molecule has 5 atom stereocenters. The van der Waals surface area contributed by atoms with Gasteiger partial charge < -0.3 is 0 Å². The number of hydrogen-bond donors (Lipinski definition) is 0. The summed E-state index contributed by atoms with van der Waals surface area (Å²) in [4.78, 5) is 12.2. The molecule has 0 unspecified atom stereocenters. The van der Waals surface area contributed by atoms with Gasteiger partial charge in [-0.2, -0.15) is 0 Å². The van der Waals surface area contributed by atoms with E-state index in [2.05, 4.69) is 19.1 Å². The lowest BCUT2D eigenvalue weighted by Gasteiger charge is -2.51. The maximum atomic E-state index is 12.2. The highest BCUT2D eigenvalue weighted by atomic mass is 16.1. The Morgan fingerprint density at radius 3 is 3.00 bits per heavy atom. The third-order valence-corrected chi connectivity index (χ3v) is 6.64. The molecule has 2 fully saturated rings. The van der Waals surface area contributed by atoms with E-state index in [0.29, 0.717) is 11.7 Å². The van der Waals surface area contributed by atoms with E-state index in [4.69, 9.17) is 0 Å². The number of allylic oxidation sites excluding steroid dienone is 4. The molecule has 0 aromatic heterocycles. The largest absolute Gasteiger partial charge is 0.294 e. The van der Waals surface area contributed by atoms with Gasteiger partial charge in [-0.05, 0) is 68.3 Å². The molecule has 19 heavy (non-hydrogen) atoms. The summed E-state index contributed by atoms with van der Waals surface area (Å²) in [7, 11) is 0. The Balaban J connectivity index is 1.68. The number of carbonyl (C=O) groups is 1. The third-order valence-electron chi connectivity index (χ3n) is 6.64. The first kappa shape index (κ1) is 11.9. The molecule has 2 saturated carbocycles. The van der Waals surface area contributed by atoms with E-state index >= 15 is 0 Å². The smallest absolute Gasteiger partial charge is 0.161 e. The number of fused-ring (bicyclic) bond motifs is 5. The molecule has 0 bridgehead atoms. The Bertz CT molecular complexity index is 472. The first-order chi connectivity index (χ1) is 9.20. The standard InChI is InChI=1S/C18H24O/c1-18-11-10-14-13-5-3-2-4-12(13)6-7-15(14)16(18)8-9-17(18)19/h6,8-9,13-16H,2-5,7,10-11H2,1H3/t13-,14+,15+,16-,18-/m0/s1. The van der Waals surface area contributed by atoms with Crippen LogP contribution in [0.1, 0.15) is 51.9 Å². The molecule has 0 aromatic carbocycles. The van der Waals surface area contributed by atoms with E-state index in [0.717, 1.165) is 24.2 Å². The molecular weight excluding hydrogens is 232 g/mol. The van der Waals surface area contributed by atoms with Crippen molar-refractivity contribution in [2.75, 3.05) is 0 Å². The number of hydrogen-bond acceptors (Lipinski definition) is 1. The van der Waals surface area contributed by atoms with Crippen LogP contribution in [0.2, 0.25) is 0 Å². The van der Waals surface area contributed by atoms with Gasteiger partial charge in [-0.3, -0.25) is 4.79 Å². The molecule has 4 aliphatic carbocycles. The molecule has 102 valence electrons. The summed E-state index contributed by atoms with van der Waals surface area (Å²) in [6, 6.07) is 0. The van der Waals surface area contributed by atoms with Crippen molar-refractivity contribution in [3.63, 3.8) is 0 Å². The van der Waals surface area contributed by atoms with Gasteiger partial charge in [-0.1, -0.05) is 31.1 Å². The number of ketones is 1. The second kappa shape index (κ2) is 4.07. The van der Waals surface area contributed by atoms with Gasteiger partial charge in [0, 0.05) is 5.41 Å².